The molecule has 1 atom stereocenters. The maximum atomic E-state index is 14.1. The summed E-state index contributed by atoms with van der Waals surface area (Å²) in [7, 11) is 1.84. The van der Waals surface area contributed by atoms with Crippen LogP contribution in [-0.2, 0) is 5.41 Å². The molecule has 23 heavy (non-hydrogen) atoms. The Morgan fingerprint density at radius 3 is 2.74 bits per heavy atom. The van der Waals surface area contributed by atoms with Crippen molar-refractivity contribution < 1.29 is 4.39 Å². The first-order chi connectivity index (χ1) is 10.6. The van der Waals surface area contributed by atoms with Crippen molar-refractivity contribution in [3.05, 3.63) is 35.6 Å². The van der Waals surface area contributed by atoms with Gasteiger partial charge in [-0.2, -0.15) is 0 Å². The van der Waals surface area contributed by atoms with Crippen LogP contribution in [-0.4, -0.2) is 37.5 Å². The summed E-state index contributed by atoms with van der Waals surface area (Å²) < 4.78 is 14.1. The molecule has 1 heterocycles. The molecule has 1 aliphatic heterocycles. The molecule has 128 valence electrons. The quantitative estimate of drug-likeness (QED) is 0.448. The molecule has 1 N–H and O–H groups in total. The monoisotopic (exact) mass is 431 g/mol. The Balaban J connectivity index is 0.00000192. The van der Waals surface area contributed by atoms with Crippen molar-refractivity contribution >= 4 is 29.9 Å². The fourth-order valence-corrected chi connectivity index (χ4v) is 3.55. The Morgan fingerprint density at radius 2 is 2.13 bits per heavy atom. The maximum Gasteiger partial charge on any atom is 0.193 e. The average Bonchev–Trinajstić information content (AvgIpc) is 3.29. The number of piperidine rings is 1. The van der Waals surface area contributed by atoms with Gasteiger partial charge in [-0.15, -0.1) is 24.0 Å². The molecule has 1 aromatic rings. The number of nitrogens with one attached hydrogen (secondary N) is 1. The van der Waals surface area contributed by atoms with E-state index in [1.54, 1.807) is 12.1 Å². The number of likely N-dealkylation sites (tertiary alicyclic amines) is 1. The van der Waals surface area contributed by atoms with Crippen LogP contribution < -0.4 is 5.32 Å². The van der Waals surface area contributed by atoms with Crippen molar-refractivity contribution in [2.75, 3.05) is 26.7 Å². The van der Waals surface area contributed by atoms with Gasteiger partial charge in [-0.25, -0.2) is 4.39 Å². The standard InChI is InChI=1S/C18H26FN3.HI/c1-14-6-5-11-22(12-14)17(20-2)21-13-18(9-10-18)15-7-3-4-8-16(15)19;/h3-4,7-8,14H,5-6,9-13H2,1-2H3,(H,20,21);1H. The Bertz CT molecular complexity index is 557. The van der Waals surface area contributed by atoms with Gasteiger partial charge >= 0.3 is 0 Å². The van der Waals surface area contributed by atoms with Crippen LogP contribution in [0, 0.1) is 11.7 Å². The largest absolute Gasteiger partial charge is 0.355 e. The van der Waals surface area contributed by atoms with Crippen molar-refractivity contribution in [2.24, 2.45) is 10.9 Å². The topological polar surface area (TPSA) is 27.6 Å². The molecular weight excluding hydrogens is 404 g/mol. The third-order valence-corrected chi connectivity index (χ3v) is 5.05. The second-order valence-electron chi connectivity index (χ2n) is 6.85. The molecule has 5 heteroatoms. The number of hydrogen-bond acceptors (Lipinski definition) is 1. The highest BCUT2D eigenvalue weighted by molar-refractivity contribution is 14.0. The van der Waals surface area contributed by atoms with E-state index in [0.717, 1.165) is 44.0 Å². The molecule has 1 saturated carbocycles. The lowest BCUT2D eigenvalue weighted by Gasteiger charge is -2.34. The Labute approximate surface area is 155 Å². The summed E-state index contributed by atoms with van der Waals surface area (Å²) in [5.41, 5.74) is 0.813. The molecule has 1 saturated heterocycles. The predicted octanol–water partition coefficient (Wildman–Crippen LogP) is 3.78. The van der Waals surface area contributed by atoms with Gasteiger partial charge in [0.2, 0.25) is 0 Å². The van der Waals surface area contributed by atoms with E-state index in [9.17, 15) is 4.39 Å². The third kappa shape index (κ3) is 4.17. The lowest BCUT2D eigenvalue weighted by atomic mass is 9.95. The van der Waals surface area contributed by atoms with Gasteiger partial charge in [0.15, 0.2) is 5.96 Å². The number of benzene rings is 1. The van der Waals surface area contributed by atoms with E-state index < -0.39 is 0 Å². The molecule has 0 bridgehead atoms. The Kier molecular flexibility index (Phi) is 6.28. The zero-order chi connectivity index (χ0) is 15.6. The number of aliphatic imine (C=N–C) groups is 1. The van der Waals surface area contributed by atoms with E-state index in [-0.39, 0.29) is 35.2 Å². The summed E-state index contributed by atoms with van der Waals surface area (Å²) >= 11 is 0. The van der Waals surface area contributed by atoms with Crippen LogP contribution in [0.4, 0.5) is 4.39 Å². The maximum absolute atomic E-state index is 14.1. The van der Waals surface area contributed by atoms with Crippen LogP contribution in [0.3, 0.4) is 0 Å². The summed E-state index contributed by atoms with van der Waals surface area (Å²) in [5.74, 6) is 1.60. The molecule has 0 radical (unpaired) electrons. The highest BCUT2D eigenvalue weighted by atomic mass is 127. The SMILES string of the molecule is CN=C(NCC1(c2ccccc2F)CC1)N1CCCC(C)C1.I. The molecule has 2 aliphatic rings. The number of guanidine groups is 1. The van der Waals surface area contributed by atoms with Gasteiger partial charge in [0.25, 0.3) is 0 Å². The van der Waals surface area contributed by atoms with Crippen molar-refractivity contribution in [1.29, 1.82) is 0 Å². The fraction of sp³-hybridized carbons (Fsp3) is 0.611. The van der Waals surface area contributed by atoms with Crippen LogP contribution in [0.5, 0.6) is 0 Å². The van der Waals surface area contributed by atoms with Gasteiger partial charge in [-0.1, -0.05) is 25.1 Å². The Hall–Kier alpha value is -0.850. The van der Waals surface area contributed by atoms with Crippen LogP contribution in [0.2, 0.25) is 0 Å². The summed E-state index contributed by atoms with van der Waals surface area (Å²) in [6, 6.07) is 7.18. The molecule has 3 nitrogen and oxygen atoms in total. The minimum Gasteiger partial charge on any atom is -0.355 e. The first kappa shape index (κ1) is 18.5. The third-order valence-electron chi connectivity index (χ3n) is 5.05. The highest BCUT2D eigenvalue weighted by Crippen LogP contribution is 2.48. The summed E-state index contributed by atoms with van der Waals surface area (Å²) in [6.07, 6.45) is 4.62. The average molecular weight is 431 g/mol. The van der Waals surface area contributed by atoms with Crippen molar-refractivity contribution in [3.8, 4) is 0 Å². The molecule has 0 aromatic heterocycles. The van der Waals surface area contributed by atoms with Gasteiger partial charge in [-0.3, -0.25) is 4.99 Å². The van der Waals surface area contributed by atoms with Gasteiger partial charge < -0.3 is 10.2 Å². The minimum atomic E-state index is -0.0802. The molecule has 1 aromatic carbocycles. The summed E-state index contributed by atoms with van der Waals surface area (Å²) in [4.78, 5) is 6.77. The van der Waals surface area contributed by atoms with Crippen molar-refractivity contribution in [3.63, 3.8) is 0 Å². The second kappa shape index (κ2) is 7.81. The summed E-state index contributed by atoms with van der Waals surface area (Å²) in [5, 5.41) is 3.50. The molecule has 0 amide bonds. The van der Waals surface area contributed by atoms with E-state index >= 15 is 0 Å². The van der Waals surface area contributed by atoms with E-state index in [1.807, 2.05) is 19.2 Å². The summed E-state index contributed by atoms with van der Waals surface area (Å²) in [6.45, 7) is 5.19. The number of nitrogens with zero attached hydrogens (tertiary/aromatic N) is 2. The number of hydrogen-bond donors (Lipinski definition) is 1. The smallest absolute Gasteiger partial charge is 0.193 e. The minimum absolute atomic E-state index is 0. The van der Waals surface area contributed by atoms with Gasteiger partial charge in [-0.05, 0) is 43.2 Å². The number of halogens is 2. The first-order valence-corrected chi connectivity index (χ1v) is 8.35. The first-order valence-electron chi connectivity index (χ1n) is 8.35. The van der Waals surface area contributed by atoms with E-state index in [1.165, 1.54) is 12.8 Å². The van der Waals surface area contributed by atoms with Gasteiger partial charge in [0.1, 0.15) is 5.82 Å². The van der Waals surface area contributed by atoms with Gasteiger partial charge in [0, 0.05) is 32.1 Å². The van der Waals surface area contributed by atoms with Crippen LogP contribution in [0.1, 0.15) is 38.2 Å². The lowest BCUT2D eigenvalue weighted by molar-refractivity contribution is 0.265. The normalized spacial score (nSPS) is 23.2. The lowest BCUT2D eigenvalue weighted by Crippen LogP contribution is -2.48. The van der Waals surface area contributed by atoms with Crippen molar-refractivity contribution in [2.45, 2.75) is 38.0 Å². The number of rotatable bonds is 3. The van der Waals surface area contributed by atoms with Crippen molar-refractivity contribution in [1.82, 2.24) is 10.2 Å². The molecule has 1 aliphatic carbocycles. The van der Waals surface area contributed by atoms with E-state index in [2.05, 4.69) is 22.1 Å². The molecular formula is C18H27FIN3. The molecule has 2 fully saturated rings. The highest BCUT2D eigenvalue weighted by Gasteiger charge is 2.46. The van der Waals surface area contributed by atoms with E-state index in [4.69, 9.17) is 0 Å². The zero-order valence-electron chi connectivity index (χ0n) is 14.0. The van der Waals surface area contributed by atoms with E-state index in [0.29, 0.717) is 5.92 Å². The van der Waals surface area contributed by atoms with Crippen LogP contribution in [0.15, 0.2) is 29.3 Å². The predicted molar refractivity (Wildman–Crippen MR) is 104 cm³/mol. The second-order valence-corrected chi connectivity index (χ2v) is 6.85. The van der Waals surface area contributed by atoms with Gasteiger partial charge in [0.05, 0.1) is 0 Å². The molecule has 1 unspecified atom stereocenters. The fourth-order valence-electron chi connectivity index (χ4n) is 3.55. The molecule has 3 rings (SSSR count). The molecule has 0 spiro atoms. The van der Waals surface area contributed by atoms with Crippen LogP contribution >= 0.6 is 24.0 Å². The Morgan fingerprint density at radius 1 is 1.39 bits per heavy atom. The zero-order valence-corrected chi connectivity index (χ0v) is 16.3. The van der Waals surface area contributed by atoms with Crippen LogP contribution in [0.25, 0.3) is 0 Å².